The van der Waals surface area contributed by atoms with E-state index < -0.39 is 5.79 Å². The van der Waals surface area contributed by atoms with Crippen molar-refractivity contribution in [3.05, 3.63) is 70.7 Å². The van der Waals surface area contributed by atoms with Crippen LogP contribution in [0.25, 0.3) is 5.70 Å². The lowest BCUT2D eigenvalue weighted by atomic mass is 10.1. The summed E-state index contributed by atoms with van der Waals surface area (Å²) < 4.78 is 0. The summed E-state index contributed by atoms with van der Waals surface area (Å²) in [6.45, 7) is 0. The van der Waals surface area contributed by atoms with E-state index in [0.717, 1.165) is 16.1 Å². The number of nitrogens with zero attached hydrogens (tertiary/aromatic N) is 3. The normalized spacial score (nSPS) is 20.8. The minimum absolute atomic E-state index is 0.140. The van der Waals surface area contributed by atoms with E-state index in [9.17, 15) is 5.21 Å². The van der Waals surface area contributed by atoms with Gasteiger partial charge in [0.25, 0.3) is 0 Å². The zero-order valence-electron chi connectivity index (χ0n) is 12.6. The molecule has 0 saturated heterocycles. The molecule has 114 valence electrons. The average Bonchev–Trinajstić information content (AvgIpc) is 2.55. The Morgan fingerprint density at radius 2 is 1.73 bits per heavy atom. The molecule has 2 aromatic rings. The third kappa shape index (κ3) is 2.20. The molecule has 22 heavy (non-hydrogen) atoms. The van der Waals surface area contributed by atoms with Gasteiger partial charge < -0.3 is 0 Å². The molecule has 1 aliphatic rings. The fraction of sp³-hybridized carbons (Fsp3) is 0.235. The van der Waals surface area contributed by atoms with Gasteiger partial charge in [-0.25, -0.2) is 10.1 Å². The van der Waals surface area contributed by atoms with Gasteiger partial charge in [0.1, 0.15) is 0 Å². The minimum Gasteiger partial charge on any atom is -0.285 e. The van der Waals surface area contributed by atoms with Crippen LogP contribution in [0, 0.1) is 0 Å². The molecule has 1 unspecified atom stereocenters. The van der Waals surface area contributed by atoms with Crippen molar-refractivity contribution in [3.63, 3.8) is 0 Å². The van der Waals surface area contributed by atoms with Crippen molar-refractivity contribution in [3.8, 4) is 0 Å². The fourth-order valence-corrected chi connectivity index (χ4v) is 3.09. The summed E-state index contributed by atoms with van der Waals surface area (Å²) in [6.07, 6.45) is 0. The van der Waals surface area contributed by atoms with E-state index in [1.165, 1.54) is 5.06 Å². The van der Waals surface area contributed by atoms with Gasteiger partial charge in [0.05, 0.1) is 16.9 Å². The zero-order valence-corrected chi connectivity index (χ0v) is 13.3. The Bertz CT molecular complexity index is 791. The molecule has 0 spiro atoms. The van der Waals surface area contributed by atoms with Crippen molar-refractivity contribution in [2.75, 3.05) is 20.0 Å². The Morgan fingerprint density at radius 1 is 1.09 bits per heavy atom. The average molecular weight is 316 g/mol. The molecular weight excluding hydrogens is 298 g/mol. The van der Waals surface area contributed by atoms with Crippen molar-refractivity contribution < 1.29 is 5.21 Å². The van der Waals surface area contributed by atoms with Gasteiger partial charge >= 0.3 is 0 Å². The van der Waals surface area contributed by atoms with Gasteiger partial charge in [-0.1, -0.05) is 48.5 Å². The molecule has 0 aliphatic carbocycles. The molecule has 0 amide bonds. The van der Waals surface area contributed by atoms with Gasteiger partial charge in [0.2, 0.25) is 5.79 Å². The molecule has 1 aliphatic heterocycles. The van der Waals surface area contributed by atoms with E-state index in [-0.39, 0.29) is 5.88 Å². The molecule has 4 nitrogen and oxygen atoms in total. The standard InChI is InChI=1S/C17H18ClN3O/c1-20(2)17(12-18)19-15-11-7-6-10-14(15)16(21(17)22)13-8-4-3-5-9-13/h3-11,22H,12H2,1-2H3. The lowest BCUT2D eigenvalue weighted by Gasteiger charge is -2.43. The summed E-state index contributed by atoms with van der Waals surface area (Å²) in [5.74, 6) is -0.887. The molecule has 0 aromatic heterocycles. The highest BCUT2D eigenvalue weighted by atomic mass is 35.5. The second-order valence-corrected chi connectivity index (χ2v) is 5.73. The van der Waals surface area contributed by atoms with Crippen LogP contribution in [0.4, 0.5) is 0 Å². The smallest absolute Gasteiger partial charge is 0.226 e. The monoisotopic (exact) mass is 315 g/mol. The largest absolute Gasteiger partial charge is 0.285 e. The number of fused-ring (bicyclic) bond motifs is 1. The molecule has 1 N–H and O–H groups in total. The maximum Gasteiger partial charge on any atom is 0.226 e. The van der Waals surface area contributed by atoms with Crippen LogP contribution in [-0.4, -0.2) is 40.9 Å². The molecular formula is C17H18ClN3O. The number of para-hydroxylation sites is 1. The number of halogens is 1. The summed E-state index contributed by atoms with van der Waals surface area (Å²) in [6, 6.07) is 17.6. The van der Waals surface area contributed by atoms with Crippen LogP contribution in [0.2, 0.25) is 0 Å². The minimum atomic E-state index is -1.03. The predicted octanol–water partition coefficient (Wildman–Crippen LogP) is 1.62. The molecule has 0 radical (unpaired) electrons. The Hall–Kier alpha value is -1.88. The Kier molecular flexibility index (Phi) is 3.91. The van der Waals surface area contributed by atoms with Crippen LogP contribution in [0.15, 0.2) is 59.6 Å². The third-order valence-electron chi connectivity index (χ3n) is 3.95. The second kappa shape index (κ2) is 5.72. The maximum absolute atomic E-state index is 10.9. The molecule has 1 heterocycles. The SMILES string of the molecule is CN(C)C1(CCl)N=c2ccccc2=C(c2ccccc2)N1O. The van der Waals surface area contributed by atoms with Crippen LogP contribution >= 0.6 is 11.6 Å². The topological polar surface area (TPSA) is 39.1 Å². The van der Waals surface area contributed by atoms with E-state index in [1.807, 2.05) is 73.6 Å². The second-order valence-electron chi connectivity index (χ2n) is 5.46. The molecule has 0 fully saturated rings. The first-order valence-electron chi connectivity index (χ1n) is 7.07. The number of rotatable bonds is 3. The molecule has 0 saturated carbocycles. The highest BCUT2D eigenvalue weighted by Gasteiger charge is 2.41. The Balaban J connectivity index is 2.38. The first-order chi connectivity index (χ1) is 10.6. The number of benzene rings is 2. The molecule has 3 rings (SSSR count). The summed E-state index contributed by atoms with van der Waals surface area (Å²) in [5.41, 5.74) is 1.63. The summed E-state index contributed by atoms with van der Waals surface area (Å²) in [5, 5.41) is 13.8. The van der Waals surface area contributed by atoms with Crippen molar-refractivity contribution in [2.24, 2.45) is 4.99 Å². The van der Waals surface area contributed by atoms with Crippen LogP contribution in [0.1, 0.15) is 5.56 Å². The van der Waals surface area contributed by atoms with Crippen molar-refractivity contribution >= 4 is 17.3 Å². The number of hydroxylamine groups is 2. The van der Waals surface area contributed by atoms with Crippen molar-refractivity contribution in [1.29, 1.82) is 0 Å². The Morgan fingerprint density at radius 3 is 2.36 bits per heavy atom. The highest BCUT2D eigenvalue weighted by molar-refractivity contribution is 6.18. The van der Waals surface area contributed by atoms with Crippen molar-refractivity contribution in [2.45, 2.75) is 5.79 Å². The van der Waals surface area contributed by atoms with E-state index >= 15 is 0 Å². The lowest BCUT2D eigenvalue weighted by molar-refractivity contribution is -0.164. The van der Waals surface area contributed by atoms with Crippen LogP contribution in [-0.2, 0) is 0 Å². The van der Waals surface area contributed by atoms with Gasteiger partial charge in [0, 0.05) is 10.8 Å². The van der Waals surface area contributed by atoms with Gasteiger partial charge in [-0.2, -0.15) is 0 Å². The number of hydrogen-bond donors (Lipinski definition) is 1. The molecule has 1 atom stereocenters. The first kappa shape index (κ1) is 15.0. The van der Waals surface area contributed by atoms with Crippen LogP contribution in [0.3, 0.4) is 0 Å². The van der Waals surface area contributed by atoms with Gasteiger partial charge in [-0.3, -0.25) is 10.1 Å². The zero-order chi connectivity index (χ0) is 15.7. The molecule has 5 heteroatoms. The van der Waals surface area contributed by atoms with Crippen LogP contribution < -0.4 is 10.6 Å². The summed E-state index contributed by atoms with van der Waals surface area (Å²) >= 11 is 6.20. The van der Waals surface area contributed by atoms with E-state index in [4.69, 9.17) is 16.6 Å². The predicted molar refractivity (Wildman–Crippen MR) is 86.9 cm³/mol. The number of alkyl halides is 1. The van der Waals surface area contributed by atoms with Crippen LogP contribution in [0.5, 0.6) is 0 Å². The fourth-order valence-electron chi connectivity index (χ4n) is 2.67. The molecule has 2 aromatic carbocycles. The third-order valence-corrected chi connectivity index (χ3v) is 4.31. The van der Waals surface area contributed by atoms with Gasteiger partial charge in [0.15, 0.2) is 0 Å². The first-order valence-corrected chi connectivity index (χ1v) is 7.61. The molecule has 0 bridgehead atoms. The maximum atomic E-state index is 10.9. The quantitative estimate of drug-likeness (QED) is 0.875. The highest BCUT2D eigenvalue weighted by Crippen LogP contribution is 2.29. The van der Waals surface area contributed by atoms with E-state index in [0.29, 0.717) is 5.70 Å². The number of hydrogen-bond acceptors (Lipinski definition) is 4. The summed E-state index contributed by atoms with van der Waals surface area (Å²) in [7, 11) is 3.71. The van der Waals surface area contributed by atoms with Gasteiger partial charge in [-0.05, 0) is 20.2 Å². The van der Waals surface area contributed by atoms with Crippen molar-refractivity contribution in [1.82, 2.24) is 9.96 Å². The van der Waals surface area contributed by atoms with E-state index in [1.54, 1.807) is 0 Å². The van der Waals surface area contributed by atoms with E-state index in [2.05, 4.69) is 0 Å². The van der Waals surface area contributed by atoms with Gasteiger partial charge in [-0.15, -0.1) is 11.6 Å². The summed E-state index contributed by atoms with van der Waals surface area (Å²) in [4.78, 5) is 6.52. The Labute approximate surface area is 134 Å². The lowest BCUT2D eigenvalue weighted by Crippen LogP contribution is -2.61.